The number of rotatable bonds is 4. The average molecular weight is 368 g/mol. The Kier molecular flexibility index (Phi) is 4.88. The standard InChI is InChI=1S/C17H19F3N4O2/c1-10(26-13-7-5-12(6-8-13)17(18,19)20)16(25)22-14-4-3-9-24-15(14)21-11(2)23-24/h5-8,10,14H,3-4,9H2,1-2H3,(H,22,25). The number of aromatic nitrogens is 3. The van der Waals surface area contributed by atoms with Gasteiger partial charge in [-0.3, -0.25) is 4.79 Å². The van der Waals surface area contributed by atoms with Crippen molar-refractivity contribution in [3.05, 3.63) is 41.5 Å². The fourth-order valence-corrected chi connectivity index (χ4v) is 2.87. The molecule has 140 valence electrons. The molecule has 3 rings (SSSR count). The van der Waals surface area contributed by atoms with Crippen molar-refractivity contribution in [2.45, 2.75) is 51.6 Å². The lowest BCUT2D eigenvalue weighted by molar-refractivity contribution is -0.137. The maximum Gasteiger partial charge on any atom is 0.416 e. The molecule has 1 amide bonds. The highest BCUT2D eigenvalue weighted by molar-refractivity contribution is 5.81. The van der Waals surface area contributed by atoms with Crippen LogP contribution in [0, 0.1) is 6.92 Å². The molecule has 6 nitrogen and oxygen atoms in total. The van der Waals surface area contributed by atoms with Crippen LogP contribution >= 0.6 is 0 Å². The van der Waals surface area contributed by atoms with E-state index in [0.717, 1.165) is 31.5 Å². The maximum atomic E-state index is 12.6. The number of ether oxygens (including phenoxy) is 1. The number of alkyl halides is 3. The van der Waals surface area contributed by atoms with E-state index in [9.17, 15) is 18.0 Å². The average Bonchev–Trinajstić information content (AvgIpc) is 2.95. The van der Waals surface area contributed by atoms with Gasteiger partial charge in [-0.25, -0.2) is 9.67 Å². The van der Waals surface area contributed by atoms with E-state index >= 15 is 0 Å². The van der Waals surface area contributed by atoms with Crippen molar-refractivity contribution in [1.29, 1.82) is 0 Å². The molecule has 2 aromatic rings. The molecule has 1 aromatic heterocycles. The molecule has 1 aliphatic rings. The van der Waals surface area contributed by atoms with Crippen molar-refractivity contribution in [1.82, 2.24) is 20.1 Å². The summed E-state index contributed by atoms with van der Waals surface area (Å²) < 4.78 is 45.0. The third-order valence-corrected chi connectivity index (χ3v) is 4.16. The molecule has 1 aromatic carbocycles. The van der Waals surface area contributed by atoms with Crippen LogP contribution < -0.4 is 10.1 Å². The Morgan fingerprint density at radius 3 is 2.69 bits per heavy atom. The van der Waals surface area contributed by atoms with Crippen LogP contribution in [0.5, 0.6) is 5.75 Å². The van der Waals surface area contributed by atoms with Crippen LogP contribution in [0.15, 0.2) is 24.3 Å². The Bertz CT molecular complexity index is 786. The fraction of sp³-hybridized carbons (Fsp3) is 0.471. The smallest absolute Gasteiger partial charge is 0.416 e. The van der Waals surface area contributed by atoms with Gasteiger partial charge in [0.25, 0.3) is 5.91 Å². The first-order valence-electron chi connectivity index (χ1n) is 8.29. The third kappa shape index (κ3) is 3.97. The quantitative estimate of drug-likeness (QED) is 0.901. The van der Waals surface area contributed by atoms with Crippen molar-refractivity contribution in [3.63, 3.8) is 0 Å². The van der Waals surface area contributed by atoms with Crippen molar-refractivity contribution in [3.8, 4) is 5.75 Å². The number of aryl methyl sites for hydroxylation is 2. The second kappa shape index (κ2) is 6.97. The predicted octanol–water partition coefficient (Wildman–Crippen LogP) is 3.02. The van der Waals surface area contributed by atoms with E-state index in [1.165, 1.54) is 12.1 Å². The van der Waals surface area contributed by atoms with Gasteiger partial charge in [0.1, 0.15) is 17.4 Å². The summed E-state index contributed by atoms with van der Waals surface area (Å²) in [6.45, 7) is 4.10. The van der Waals surface area contributed by atoms with Crippen molar-refractivity contribution in [2.24, 2.45) is 0 Å². The summed E-state index contributed by atoms with van der Waals surface area (Å²) in [5.74, 6) is 1.20. The number of amides is 1. The summed E-state index contributed by atoms with van der Waals surface area (Å²) in [5.41, 5.74) is -0.765. The first-order chi connectivity index (χ1) is 12.2. The predicted molar refractivity (Wildman–Crippen MR) is 86.4 cm³/mol. The number of carbonyl (C=O) groups is 1. The lowest BCUT2D eigenvalue weighted by Crippen LogP contribution is -2.40. The number of nitrogens with one attached hydrogen (secondary N) is 1. The molecule has 0 saturated carbocycles. The first-order valence-corrected chi connectivity index (χ1v) is 8.29. The van der Waals surface area contributed by atoms with E-state index in [2.05, 4.69) is 15.4 Å². The minimum absolute atomic E-state index is 0.198. The molecule has 0 fully saturated rings. The Morgan fingerprint density at radius 2 is 2.04 bits per heavy atom. The number of hydrogen-bond acceptors (Lipinski definition) is 4. The molecule has 1 N–H and O–H groups in total. The van der Waals surface area contributed by atoms with Crippen molar-refractivity contribution >= 4 is 5.91 Å². The van der Waals surface area contributed by atoms with Crippen LogP contribution in [0.3, 0.4) is 0 Å². The van der Waals surface area contributed by atoms with Gasteiger partial charge in [-0.05, 0) is 51.0 Å². The van der Waals surface area contributed by atoms with Crippen LogP contribution in [-0.2, 0) is 17.5 Å². The zero-order chi connectivity index (χ0) is 18.9. The number of carbonyl (C=O) groups excluding carboxylic acids is 1. The highest BCUT2D eigenvalue weighted by atomic mass is 19.4. The molecule has 0 saturated heterocycles. The number of fused-ring (bicyclic) bond motifs is 1. The Labute approximate surface area is 148 Å². The number of halogens is 3. The van der Waals surface area contributed by atoms with Gasteiger partial charge >= 0.3 is 6.18 Å². The van der Waals surface area contributed by atoms with E-state index in [0.29, 0.717) is 11.6 Å². The van der Waals surface area contributed by atoms with Gasteiger partial charge in [-0.2, -0.15) is 18.3 Å². The first kappa shape index (κ1) is 18.2. The highest BCUT2D eigenvalue weighted by Gasteiger charge is 2.30. The van der Waals surface area contributed by atoms with E-state index < -0.39 is 17.8 Å². The van der Waals surface area contributed by atoms with Gasteiger partial charge in [0, 0.05) is 6.54 Å². The second-order valence-corrected chi connectivity index (χ2v) is 6.23. The van der Waals surface area contributed by atoms with Gasteiger partial charge in [-0.15, -0.1) is 0 Å². The largest absolute Gasteiger partial charge is 0.481 e. The molecule has 9 heteroatoms. The zero-order valence-corrected chi connectivity index (χ0v) is 14.4. The number of benzene rings is 1. The van der Waals surface area contributed by atoms with E-state index in [-0.39, 0.29) is 17.7 Å². The van der Waals surface area contributed by atoms with Crippen LogP contribution in [0.25, 0.3) is 0 Å². The molecular formula is C17H19F3N4O2. The van der Waals surface area contributed by atoms with Gasteiger partial charge in [-0.1, -0.05) is 0 Å². The molecule has 0 radical (unpaired) electrons. The summed E-state index contributed by atoms with van der Waals surface area (Å²) in [4.78, 5) is 16.7. The SMILES string of the molecule is Cc1nc2n(n1)CCCC2NC(=O)C(C)Oc1ccc(C(F)(F)F)cc1. The van der Waals surface area contributed by atoms with E-state index in [1.807, 2.05) is 0 Å². The van der Waals surface area contributed by atoms with Crippen molar-refractivity contribution < 1.29 is 22.7 Å². The summed E-state index contributed by atoms with van der Waals surface area (Å²) in [5, 5.41) is 7.16. The fourth-order valence-electron chi connectivity index (χ4n) is 2.87. The molecule has 26 heavy (non-hydrogen) atoms. The summed E-state index contributed by atoms with van der Waals surface area (Å²) in [6.07, 6.45) is -3.64. The van der Waals surface area contributed by atoms with Gasteiger partial charge in [0.15, 0.2) is 6.10 Å². The molecule has 2 unspecified atom stereocenters. The number of hydrogen-bond donors (Lipinski definition) is 1. The van der Waals surface area contributed by atoms with E-state index in [1.54, 1.807) is 18.5 Å². The van der Waals surface area contributed by atoms with Gasteiger partial charge in [0.2, 0.25) is 0 Å². The van der Waals surface area contributed by atoms with Crippen molar-refractivity contribution in [2.75, 3.05) is 0 Å². The van der Waals surface area contributed by atoms with Crippen LogP contribution in [-0.4, -0.2) is 26.8 Å². The summed E-state index contributed by atoms with van der Waals surface area (Å²) in [7, 11) is 0. The van der Waals surface area contributed by atoms with E-state index in [4.69, 9.17) is 4.74 Å². The molecule has 0 bridgehead atoms. The lowest BCUT2D eigenvalue weighted by Gasteiger charge is -2.24. The summed E-state index contributed by atoms with van der Waals surface area (Å²) >= 11 is 0. The molecule has 0 aliphatic carbocycles. The second-order valence-electron chi connectivity index (χ2n) is 6.23. The molecule has 1 aliphatic heterocycles. The number of nitrogens with zero attached hydrogens (tertiary/aromatic N) is 3. The lowest BCUT2D eigenvalue weighted by atomic mass is 10.1. The van der Waals surface area contributed by atoms with Gasteiger partial charge in [0.05, 0.1) is 11.6 Å². The summed E-state index contributed by atoms with van der Waals surface area (Å²) in [6, 6.07) is 4.00. The topological polar surface area (TPSA) is 69.0 Å². The monoisotopic (exact) mass is 368 g/mol. The highest BCUT2D eigenvalue weighted by Crippen LogP contribution is 2.30. The molecular weight excluding hydrogens is 349 g/mol. The Balaban J connectivity index is 1.62. The van der Waals surface area contributed by atoms with Gasteiger partial charge < -0.3 is 10.1 Å². The Morgan fingerprint density at radius 1 is 1.35 bits per heavy atom. The third-order valence-electron chi connectivity index (χ3n) is 4.16. The molecule has 2 atom stereocenters. The van der Waals surface area contributed by atoms with Crippen LogP contribution in [0.1, 0.15) is 43.0 Å². The Hall–Kier alpha value is -2.58. The minimum atomic E-state index is -4.41. The minimum Gasteiger partial charge on any atom is -0.481 e. The van der Waals surface area contributed by atoms with Crippen LogP contribution in [0.2, 0.25) is 0 Å². The molecule has 2 heterocycles. The normalized spacial score (nSPS) is 18.1. The zero-order valence-electron chi connectivity index (χ0n) is 14.4. The van der Waals surface area contributed by atoms with Crippen LogP contribution in [0.4, 0.5) is 13.2 Å². The maximum absolute atomic E-state index is 12.6. The molecule has 0 spiro atoms.